The molecule has 0 unspecified atom stereocenters. The van der Waals surface area contributed by atoms with Gasteiger partial charge in [0.15, 0.2) is 11.4 Å². The lowest BCUT2D eigenvalue weighted by atomic mass is 10.1. The number of carbonyl (C=O) groups is 1. The molecular weight excluding hydrogens is 290 g/mol. The van der Waals surface area contributed by atoms with Crippen molar-refractivity contribution < 1.29 is 18.7 Å². The molecule has 0 fully saturated rings. The zero-order chi connectivity index (χ0) is 11.2. The Morgan fingerprint density at radius 1 is 1.60 bits per heavy atom. The number of aromatic carboxylic acids is 1. The van der Waals surface area contributed by atoms with Crippen LogP contribution in [0.5, 0.6) is 0 Å². The Bertz CT molecular complexity index is 564. The second-order valence-electron chi connectivity index (χ2n) is 2.81. The highest BCUT2D eigenvalue weighted by Gasteiger charge is 2.20. The Morgan fingerprint density at radius 2 is 2.27 bits per heavy atom. The van der Waals surface area contributed by atoms with Gasteiger partial charge in [-0.1, -0.05) is 11.6 Å². The lowest BCUT2D eigenvalue weighted by Gasteiger charge is -1.98. The van der Waals surface area contributed by atoms with Gasteiger partial charge in [-0.3, -0.25) is 0 Å². The van der Waals surface area contributed by atoms with E-state index >= 15 is 0 Å². The highest BCUT2D eigenvalue weighted by atomic mass is 79.9. The molecule has 0 aliphatic carbocycles. The van der Waals surface area contributed by atoms with E-state index in [2.05, 4.69) is 15.9 Å². The normalized spacial score (nSPS) is 10.9. The van der Waals surface area contributed by atoms with Crippen LogP contribution in [0.2, 0.25) is 5.02 Å². The smallest absolute Gasteiger partial charge is 0.339 e. The lowest BCUT2D eigenvalue weighted by molar-refractivity contribution is 0.0697. The van der Waals surface area contributed by atoms with E-state index in [4.69, 9.17) is 21.1 Å². The van der Waals surface area contributed by atoms with Crippen molar-refractivity contribution in [3.05, 3.63) is 33.2 Å². The van der Waals surface area contributed by atoms with Crippen LogP contribution in [0.25, 0.3) is 11.0 Å². The molecule has 1 aromatic carbocycles. The summed E-state index contributed by atoms with van der Waals surface area (Å²) in [6.07, 6.45) is 0.983. The number of hydrogen-bond acceptors (Lipinski definition) is 2. The second kappa shape index (κ2) is 3.50. The summed E-state index contributed by atoms with van der Waals surface area (Å²) in [6.45, 7) is 0. The summed E-state index contributed by atoms with van der Waals surface area (Å²) in [5.41, 5.74) is -0.111. The van der Waals surface area contributed by atoms with Crippen LogP contribution >= 0.6 is 27.5 Å². The lowest BCUT2D eigenvalue weighted by Crippen LogP contribution is -1.95. The minimum Gasteiger partial charge on any atom is -0.478 e. The van der Waals surface area contributed by atoms with Crippen molar-refractivity contribution in [1.82, 2.24) is 0 Å². The first-order valence-corrected chi connectivity index (χ1v) is 4.97. The number of benzene rings is 1. The van der Waals surface area contributed by atoms with Crippen LogP contribution in [-0.4, -0.2) is 11.1 Å². The molecule has 15 heavy (non-hydrogen) atoms. The van der Waals surface area contributed by atoms with Crippen LogP contribution in [-0.2, 0) is 0 Å². The first-order valence-electron chi connectivity index (χ1n) is 3.80. The Hall–Kier alpha value is -1.07. The Kier molecular flexibility index (Phi) is 2.44. The van der Waals surface area contributed by atoms with Crippen molar-refractivity contribution in [1.29, 1.82) is 0 Å². The highest BCUT2D eigenvalue weighted by Crippen LogP contribution is 2.34. The standard InChI is InChI=1S/C9H3BrClFO3/c10-4-1-5(11)7(12)6-3(9(13)14)2-15-8(4)6/h1-2H,(H,13,14). The van der Waals surface area contributed by atoms with Gasteiger partial charge in [0.05, 0.1) is 14.9 Å². The summed E-state index contributed by atoms with van der Waals surface area (Å²) >= 11 is 8.69. The fourth-order valence-corrected chi connectivity index (χ4v) is 2.12. The molecule has 0 aliphatic heterocycles. The van der Waals surface area contributed by atoms with Crippen LogP contribution < -0.4 is 0 Å². The Labute approximate surface area is 96.6 Å². The number of furan rings is 1. The topological polar surface area (TPSA) is 50.4 Å². The van der Waals surface area contributed by atoms with E-state index in [-0.39, 0.29) is 21.6 Å². The predicted octanol–water partition coefficient (Wildman–Crippen LogP) is 3.69. The van der Waals surface area contributed by atoms with E-state index < -0.39 is 11.8 Å². The van der Waals surface area contributed by atoms with Gasteiger partial charge < -0.3 is 9.52 Å². The van der Waals surface area contributed by atoms with Gasteiger partial charge in [0, 0.05) is 0 Å². The fourth-order valence-electron chi connectivity index (χ4n) is 1.27. The van der Waals surface area contributed by atoms with Crippen molar-refractivity contribution in [2.24, 2.45) is 0 Å². The van der Waals surface area contributed by atoms with Crippen molar-refractivity contribution in [2.75, 3.05) is 0 Å². The molecule has 0 amide bonds. The molecule has 0 saturated heterocycles. The van der Waals surface area contributed by atoms with Gasteiger partial charge in [0.1, 0.15) is 11.8 Å². The molecule has 1 aromatic heterocycles. The molecule has 0 saturated carbocycles. The number of halogens is 3. The molecular formula is C9H3BrClFO3. The average molecular weight is 293 g/mol. The molecule has 0 aliphatic rings. The minimum absolute atomic E-state index is 0.123. The first-order chi connectivity index (χ1) is 7.02. The molecule has 3 nitrogen and oxygen atoms in total. The molecule has 1 N–H and O–H groups in total. The zero-order valence-electron chi connectivity index (χ0n) is 7.05. The quantitative estimate of drug-likeness (QED) is 0.816. The fraction of sp³-hybridized carbons (Fsp3) is 0. The monoisotopic (exact) mass is 292 g/mol. The molecule has 0 spiro atoms. The highest BCUT2D eigenvalue weighted by molar-refractivity contribution is 9.10. The summed E-state index contributed by atoms with van der Waals surface area (Å²) in [6, 6.07) is 1.31. The minimum atomic E-state index is -1.26. The maximum atomic E-state index is 13.6. The molecule has 1 heterocycles. The largest absolute Gasteiger partial charge is 0.478 e. The third-order valence-electron chi connectivity index (χ3n) is 1.92. The Balaban J connectivity index is 2.95. The number of carboxylic acids is 1. The first kappa shape index (κ1) is 10.4. The molecule has 0 radical (unpaired) electrons. The van der Waals surface area contributed by atoms with Gasteiger partial charge in [0.2, 0.25) is 0 Å². The summed E-state index contributed by atoms with van der Waals surface area (Å²) in [5.74, 6) is -2.05. The number of carboxylic acid groups (broad SMARTS) is 1. The van der Waals surface area contributed by atoms with Crippen molar-refractivity contribution in [3.8, 4) is 0 Å². The van der Waals surface area contributed by atoms with Crippen molar-refractivity contribution in [3.63, 3.8) is 0 Å². The average Bonchev–Trinajstić information content (AvgIpc) is 2.58. The molecule has 78 valence electrons. The summed E-state index contributed by atoms with van der Waals surface area (Å²) in [5, 5.41) is 8.52. The number of rotatable bonds is 1. The van der Waals surface area contributed by atoms with E-state index in [1.54, 1.807) is 0 Å². The van der Waals surface area contributed by atoms with Crippen molar-refractivity contribution >= 4 is 44.5 Å². The summed E-state index contributed by atoms with van der Waals surface area (Å²) < 4.78 is 18.9. The van der Waals surface area contributed by atoms with Gasteiger partial charge >= 0.3 is 5.97 Å². The second-order valence-corrected chi connectivity index (χ2v) is 4.07. The Morgan fingerprint density at radius 3 is 2.87 bits per heavy atom. The van der Waals surface area contributed by atoms with Crippen molar-refractivity contribution in [2.45, 2.75) is 0 Å². The van der Waals surface area contributed by atoms with E-state index in [0.717, 1.165) is 6.26 Å². The van der Waals surface area contributed by atoms with Gasteiger partial charge in [-0.25, -0.2) is 9.18 Å². The SMILES string of the molecule is O=C(O)c1coc2c(Br)cc(Cl)c(F)c12. The van der Waals surface area contributed by atoms with E-state index in [1.165, 1.54) is 6.07 Å². The van der Waals surface area contributed by atoms with Crippen LogP contribution in [0.15, 0.2) is 21.2 Å². The van der Waals surface area contributed by atoms with Crippen LogP contribution in [0.3, 0.4) is 0 Å². The summed E-state index contributed by atoms with van der Waals surface area (Å²) in [7, 11) is 0. The van der Waals surface area contributed by atoms with E-state index in [0.29, 0.717) is 4.47 Å². The number of hydrogen-bond donors (Lipinski definition) is 1. The molecule has 0 atom stereocenters. The van der Waals surface area contributed by atoms with Crippen LogP contribution in [0, 0.1) is 5.82 Å². The molecule has 0 bridgehead atoms. The van der Waals surface area contributed by atoms with Gasteiger partial charge in [0.25, 0.3) is 0 Å². The molecule has 2 aromatic rings. The maximum Gasteiger partial charge on any atom is 0.339 e. The van der Waals surface area contributed by atoms with Gasteiger partial charge in [-0.15, -0.1) is 0 Å². The maximum absolute atomic E-state index is 13.6. The van der Waals surface area contributed by atoms with E-state index in [9.17, 15) is 9.18 Å². The van der Waals surface area contributed by atoms with Crippen LogP contribution in [0.4, 0.5) is 4.39 Å². The predicted molar refractivity (Wildman–Crippen MR) is 55.8 cm³/mol. The van der Waals surface area contributed by atoms with Gasteiger partial charge in [-0.2, -0.15) is 0 Å². The van der Waals surface area contributed by atoms with E-state index in [1.807, 2.05) is 0 Å². The van der Waals surface area contributed by atoms with Gasteiger partial charge in [-0.05, 0) is 22.0 Å². The summed E-state index contributed by atoms with van der Waals surface area (Å²) in [4.78, 5) is 10.8. The van der Waals surface area contributed by atoms with Crippen LogP contribution in [0.1, 0.15) is 10.4 Å². The third kappa shape index (κ3) is 1.52. The molecule has 2 rings (SSSR count). The zero-order valence-corrected chi connectivity index (χ0v) is 9.39. The third-order valence-corrected chi connectivity index (χ3v) is 2.79. The number of fused-ring (bicyclic) bond motifs is 1. The molecule has 6 heteroatoms.